The Labute approximate surface area is 185 Å². The van der Waals surface area contributed by atoms with Crippen LogP contribution in [-0.2, 0) is 9.53 Å². The maximum atomic E-state index is 13.1. The van der Waals surface area contributed by atoms with Gasteiger partial charge in [0.15, 0.2) is 5.13 Å². The van der Waals surface area contributed by atoms with Gasteiger partial charge >= 0.3 is 0 Å². The van der Waals surface area contributed by atoms with Crippen molar-refractivity contribution in [2.45, 2.75) is 20.3 Å². The molecule has 1 saturated heterocycles. The van der Waals surface area contributed by atoms with Crippen molar-refractivity contribution in [1.82, 2.24) is 9.88 Å². The molecule has 3 aromatic rings. The molecule has 0 saturated carbocycles. The van der Waals surface area contributed by atoms with Crippen molar-refractivity contribution in [1.29, 1.82) is 0 Å². The minimum Gasteiger partial charge on any atom is -0.379 e. The van der Waals surface area contributed by atoms with E-state index in [4.69, 9.17) is 9.72 Å². The maximum Gasteiger partial charge on any atom is 0.252 e. The van der Waals surface area contributed by atoms with Gasteiger partial charge in [-0.3, -0.25) is 14.6 Å². The zero-order valence-corrected chi connectivity index (χ0v) is 19.1. The van der Waals surface area contributed by atoms with Crippen molar-refractivity contribution in [3.8, 4) is 0 Å². The summed E-state index contributed by atoms with van der Waals surface area (Å²) in [6.07, 6.45) is 4.47. The van der Waals surface area contributed by atoms with Gasteiger partial charge in [-0.1, -0.05) is 23.5 Å². The predicted octanol–water partition coefficient (Wildman–Crippen LogP) is 4.74. The second-order valence-electron chi connectivity index (χ2n) is 7.50. The summed E-state index contributed by atoms with van der Waals surface area (Å²) in [5.74, 6) is -0.0150. The molecule has 0 bridgehead atoms. The number of carbonyl (C=O) groups excluding carboxylic acids is 1. The average Bonchev–Trinajstić information content (AvgIpc) is 3.43. The number of aromatic nitrogens is 1. The van der Waals surface area contributed by atoms with Crippen molar-refractivity contribution >= 4 is 50.0 Å². The van der Waals surface area contributed by atoms with E-state index in [1.54, 1.807) is 28.7 Å². The van der Waals surface area contributed by atoms with Crippen LogP contribution in [0.2, 0.25) is 0 Å². The standard InChI is InChI=1S/C23H27N3O2S2/c1-17-6-8-20-22(18(17)2)24-23(30-20)26(11-4-10-25-12-14-28-15-13-25)21(27)9-7-19-5-3-16-29-19/h3,5-9,16H,4,10-15H2,1-2H3/b9-7+. The SMILES string of the molecule is Cc1ccc2sc(N(CCCN3CCOCC3)C(=O)/C=C/c3cccs3)nc2c1C. The van der Waals surface area contributed by atoms with Gasteiger partial charge in [0.05, 0.1) is 23.4 Å². The van der Waals surface area contributed by atoms with E-state index >= 15 is 0 Å². The minimum absolute atomic E-state index is 0.0150. The third-order valence-corrected chi connectivity index (χ3v) is 7.34. The molecule has 3 heterocycles. The van der Waals surface area contributed by atoms with E-state index in [0.717, 1.165) is 59.5 Å². The molecule has 1 aliphatic heterocycles. The van der Waals surface area contributed by atoms with Gasteiger partial charge in [0.25, 0.3) is 5.91 Å². The summed E-state index contributed by atoms with van der Waals surface area (Å²) in [6.45, 7) is 9.34. The number of ether oxygens (including phenoxy) is 1. The number of anilines is 1. The van der Waals surface area contributed by atoms with Crippen LogP contribution in [0.5, 0.6) is 0 Å². The first kappa shape index (κ1) is 21.2. The molecule has 30 heavy (non-hydrogen) atoms. The topological polar surface area (TPSA) is 45.7 Å². The Kier molecular flexibility index (Phi) is 6.94. The first-order valence-electron chi connectivity index (χ1n) is 10.3. The lowest BCUT2D eigenvalue weighted by molar-refractivity contribution is -0.114. The highest BCUT2D eigenvalue weighted by atomic mass is 32.1. The van der Waals surface area contributed by atoms with E-state index in [9.17, 15) is 4.79 Å². The Morgan fingerprint density at radius 1 is 1.27 bits per heavy atom. The summed E-state index contributed by atoms with van der Waals surface area (Å²) < 4.78 is 6.56. The highest BCUT2D eigenvalue weighted by molar-refractivity contribution is 7.22. The number of carbonyl (C=O) groups is 1. The summed E-state index contributed by atoms with van der Waals surface area (Å²) in [6, 6.07) is 8.24. The highest BCUT2D eigenvalue weighted by Crippen LogP contribution is 2.32. The van der Waals surface area contributed by atoms with Crippen molar-refractivity contribution in [2.24, 2.45) is 0 Å². The predicted molar refractivity (Wildman–Crippen MR) is 127 cm³/mol. The number of thiazole rings is 1. The number of aryl methyl sites for hydroxylation is 2. The Hall–Kier alpha value is -2.06. The monoisotopic (exact) mass is 441 g/mol. The maximum absolute atomic E-state index is 13.1. The largest absolute Gasteiger partial charge is 0.379 e. The van der Waals surface area contributed by atoms with Crippen molar-refractivity contribution < 1.29 is 9.53 Å². The van der Waals surface area contributed by atoms with E-state index in [-0.39, 0.29) is 5.91 Å². The van der Waals surface area contributed by atoms with E-state index in [0.29, 0.717) is 6.54 Å². The quantitative estimate of drug-likeness (QED) is 0.497. The molecule has 1 amide bonds. The molecule has 7 heteroatoms. The number of hydrogen-bond donors (Lipinski definition) is 0. The molecule has 0 radical (unpaired) electrons. The lowest BCUT2D eigenvalue weighted by Crippen LogP contribution is -2.39. The molecule has 1 aliphatic rings. The van der Waals surface area contributed by atoms with Gasteiger partial charge in [-0.25, -0.2) is 4.98 Å². The lowest BCUT2D eigenvalue weighted by Gasteiger charge is -2.27. The number of benzene rings is 1. The van der Waals surface area contributed by atoms with Crippen LogP contribution < -0.4 is 4.90 Å². The van der Waals surface area contributed by atoms with Crippen LogP contribution in [0.4, 0.5) is 5.13 Å². The van der Waals surface area contributed by atoms with Crippen molar-refractivity contribution in [3.05, 3.63) is 51.7 Å². The third kappa shape index (κ3) is 4.98. The van der Waals surface area contributed by atoms with Gasteiger partial charge < -0.3 is 4.74 Å². The van der Waals surface area contributed by atoms with Crippen LogP contribution in [0.15, 0.2) is 35.7 Å². The molecular formula is C23H27N3O2S2. The van der Waals surface area contributed by atoms with Gasteiger partial charge in [-0.15, -0.1) is 11.3 Å². The second kappa shape index (κ2) is 9.83. The molecule has 2 aromatic heterocycles. The molecule has 5 nitrogen and oxygen atoms in total. The Balaban J connectivity index is 1.54. The number of fused-ring (bicyclic) bond motifs is 1. The molecule has 0 spiro atoms. The molecule has 0 N–H and O–H groups in total. The fraction of sp³-hybridized carbons (Fsp3) is 0.391. The van der Waals surface area contributed by atoms with Gasteiger partial charge in [-0.05, 0) is 55.0 Å². The summed E-state index contributed by atoms with van der Waals surface area (Å²) in [5, 5.41) is 2.80. The number of morpholine rings is 1. The van der Waals surface area contributed by atoms with Crippen LogP contribution in [-0.4, -0.2) is 55.2 Å². The fourth-order valence-corrected chi connectivity index (χ4v) is 5.21. The summed E-state index contributed by atoms with van der Waals surface area (Å²) in [4.78, 5) is 23.3. The zero-order chi connectivity index (χ0) is 20.9. The van der Waals surface area contributed by atoms with E-state index in [2.05, 4.69) is 30.9 Å². The molecule has 4 rings (SSSR count). The van der Waals surface area contributed by atoms with Crippen molar-refractivity contribution in [3.63, 3.8) is 0 Å². The van der Waals surface area contributed by atoms with Crippen molar-refractivity contribution in [2.75, 3.05) is 44.3 Å². The molecule has 0 atom stereocenters. The van der Waals surface area contributed by atoms with E-state index < -0.39 is 0 Å². The minimum atomic E-state index is -0.0150. The average molecular weight is 442 g/mol. The number of thiophene rings is 1. The van der Waals surface area contributed by atoms with Gasteiger partial charge in [0.2, 0.25) is 0 Å². The lowest BCUT2D eigenvalue weighted by atomic mass is 10.1. The van der Waals surface area contributed by atoms with Crippen LogP contribution >= 0.6 is 22.7 Å². The van der Waals surface area contributed by atoms with Crippen LogP contribution in [0, 0.1) is 13.8 Å². The van der Waals surface area contributed by atoms with Crippen LogP contribution in [0.1, 0.15) is 22.4 Å². The molecule has 0 aliphatic carbocycles. The van der Waals surface area contributed by atoms with E-state index in [1.807, 2.05) is 28.5 Å². The molecular weight excluding hydrogens is 414 g/mol. The Morgan fingerprint density at radius 2 is 2.10 bits per heavy atom. The summed E-state index contributed by atoms with van der Waals surface area (Å²) in [7, 11) is 0. The van der Waals surface area contributed by atoms with Gasteiger partial charge in [0.1, 0.15) is 0 Å². The first-order valence-corrected chi connectivity index (χ1v) is 12.0. The number of nitrogens with zero attached hydrogens (tertiary/aromatic N) is 3. The zero-order valence-electron chi connectivity index (χ0n) is 17.5. The highest BCUT2D eigenvalue weighted by Gasteiger charge is 2.19. The number of amides is 1. The second-order valence-corrected chi connectivity index (χ2v) is 9.49. The first-order chi connectivity index (χ1) is 14.6. The molecule has 158 valence electrons. The fourth-order valence-electron chi connectivity index (χ4n) is 3.54. The molecule has 0 unspecified atom stereocenters. The number of hydrogen-bond acceptors (Lipinski definition) is 6. The van der Waals surface area contributed by atoms with Gasteiger partial charge in [-0.2, -0.15) is 0 Å². The van der Waals surface area contributed by atoms with E-state index in [1.165, 1.54) is 11.1 Å². The number of rotatable bonds is 7. The Bertz CT molecular complexity index is 1020. The molecule has 1 aromatic carbocycles. The Morgan fingerprint density at radius 3 is 2.87 bits per heavy atom. The third-order valence-electron chi connectivity index (χ3n) is 5.46. The van der Waals surface area contributed by atoms with Crippen LogP contribution in [0.25, 0.3) is 16.3 Å². The normalized spacial score (nSPS) is 15.3. The molecule has 1 fully saturated rings. The van der Waals surface area contributed by atoms with Gasteiger partial charge in [0, 0.05) is 37.1 Å². The smallest absolute Gasteiger partial charge is 0.252 e. The summed E-state index contributed by atoms with van der Waals surface area (Å²) in [5.41, 5.74) is 3.41. The summed E-state index contributed by atoms with van der Waals surface area (Å²) >= 11 is 3.22. The van der Waals surface area contributed by atoms with Crippen LogP contribution in [0.3, 0.4) is 0 Å².